The molecule has 0 aromatic carbocycles. The molecule has 0 aromatic rings. The molecule has 2 fully saturated rings. The van der Waals surface area contributed by atoms with Gasteiger partial charge >= 0.3 is 0 Å². The van der Waals surface area contributed by atoms with Gasteiger partial charge in [0.05, 0.1) is 6.10 Å². The molecule has 2 rings (SSSR count). The van der Waals surface area contributed by atoms with Crippen molar-refractivity contribution < 1.29 is 5.11 Å². The van der Waals surface area contributed by atoms with Crippen LogP contribution < -0.4 is 5.73 Å². The van der Waals surface area contributed by atoms with Gasteiger partial charge in [0.15, 0.2) is 0 Å². The minimum absolute atomic E-state index is 0.174. The Morgan fingerprint density at radius 3 is 2.22 bits per heavy atom. The topological polar surface area (TPSA) is 46.2 Å². The number of rotatable bonds is 5. The average molecular weight is 251 g/mol. The molecule has 0 radical (unpaired) electrons. The molecule has 0 spiro atoms. The van der Waals surface area contributed by atoms with E-state index in [1.54, 1.807) is 0 Å². The zero-order valence-electron chi connectivity index (χ0n) is 12.0. The van der Waals surface area contributed by atoms with Crippen LogP contribution in [0.2, 0.25) is 0 Å². The minimum Gasteiger partial charge on any atom is -0.402 e. The maximum atomic E-state index is 10.4. The molecule has 2 saturated carbocycles. The van der Waals surface area contributed by atoms with Crippen molar-refractivity contribution in [2.45, 2.75) is 64.9 Å². The molecular formula is C16H29NO. The van der Waals surface area contributed by atoms with Gasteiger partial charge in [-0.15, -0.1) is 0 Å². The van der Waals surface area contributed by atoms with Gasteiger partial charge in [0, 0.05) is 11.6 Å². The molecule has 2 aliphatic carbocycles. The van der Waals surface area contributed by atoms with Crippen LogP contribution in [0, 0.1) is 23.2 Å². The number of hydrogen-bond donors (Lipinski definition) is 2. The van der Waals surface area contributed by atoms with E-state index in [4.69, 9.17) is 5.73 Å². The van der Waals surface area contributed by atoms with E-state index < -0.39 is 0 Å². The molecule has 0 saturated heterocycles. The molecular weight excluding hydrogens is 222 g/mol. The Kier molecular flexibility index (Phi) is 4.05. The van der Waals surface area contributed by atoms with Gasteiger partial charge in [-0.3, -0.25) is 0 Å². The van der Waals surface area contributed by atoms with E-state index in [2.05, 4.69) is 20.4 Å². The molecule has 2 aliphatic rings. The Morgan fingerprint density at radius 2 is 1.78 bits per heavy atom. The zero-order chi connectivity index (χ0) is 13.3. The number of allylic oxidation sites excluding steroid dienone is 1. The first-order valence-corrected chi connectivity index (χ1v) is 7.51. The third kappa shape index (κ3) is 3.50. The van der Waals surface area contributed by atoms with Crippen LogP contribution in [0.3, 0.4) is 0 Å². The summed E-state index contributed by atoms with van der Waals surface area (Å²) in [6.07, 6.45) is 8.03. The Hall–Kier alpha value is -0.500. The molecule has 104 valence electrons. The maximum absolute atomic E-state index is 10.4. The van der Waals surface area contributed by atoms with Gasteiger partial charge in [-0.25, -0.2) is 0 Å². The van der Waals surface area contributed by atoms with Gasteiger partial charge in [0.1, 0.15) is 0 Å². The molecule has 2 atom stereocenters. The Bertz CT molecular complexity index is 296. The average Bonchev–Trinajstić information content (AvgIpc) is 3.08. The normalized spacial score (nSPS) is 27.7. The van der Waals surface area contributed by atoms with Crippen LogP contribution in [0.1, 0.15) is 58.8 Å². The first kappa shape index (κ1) is 13.9. The number of aliphatic hydroxyl groups is 1. The number of nitrogens with two attached hydrogens (primary N) is 1. The summed E-state index contributed by atoms with van der Waals surface area (Å²) in [7, 11) is 0. The van der Waals surface area contributed by atoms with Crippen molar-refractivity contribution in [3.63, 3.8) is 0 Å². The van der Waals surface area contributed by atoms with Crippen molar-refractivity contribution in [3.05, 3.63) is 12.3 Å². The van der Waals surface area contributed by atoms with Gasteiger partial charge in [-0.2, -0.15) is 0 Å². The van der Waals surface area contributed by atoms with Crippen LogP contribution in [0.15, 0.2) is 12.3 Å². The highest BCUT2D eigenvalue weighted by molar-refractivity contribution is 5.03. The first-order chi connectivity index (χ1) is 8.39. The van der Waals surface area contributed by atoms with Crippen molar-refractivity contribution in [1.82, 2.24) is 0 Å². The third-order valence-electron chi connectivity index (χ3n) is 5.09. The van der Waals surface area contributed by atoms with E-state index in [0.29, 0.717) is 23.2 Å². The van der Waals surface area contributed by atoms with Crippen LogP contribution in [0.25, 0.3) is 0 Å². The Morgan fingerprint density at radius 1 is 1.22 bits per heavy atom. The lowest BCUT2D eigenvalue weighted by Gasteiger charge is -2.37. The molecule has 0 aliphatic heterocycles. The van der Waals surface area contributed by atoms with Crippen molar-refractivity contribution in [3.8, 4) is 0 Å². The van der Waals surface area contributed by atoms with Crippen molar-refractivity contribution in [2.24, 2.45) is 28.9 Å². The lowest BCUT2D eigenvalue weighted by Crippen LogP contribution is -2.31. The largest absolute Gasteiger partial charge is 0.402 e. The smallest absolute Gasteiger partial charge is 0.0574 e. The predicted octanol–water partition coefficient (Wildman–Crippen LogP) is 3.45. The van der Waals surface area contributed by atoms with Crippen LogP contribution in [-0.2, 0) is 0 Å². The highest BCUT2D eigenvalue weighted by Crippen LogP contribution is 2.44. The van der Waals surface area contributed by atoms with Crippen LogP contribution in [0.4, 0.5) is 0 Å². The van der Waals surface area contributed by atoms with Crippen molar-refractivity contribution in [2.75, 3.05) is 0 Å². The first-order valence-electron chi connectivity index (χ1n) is 7.51. The Labute approximate surface area is 112 Å². The second-order valence-corrected chi connectivity index (χ2v) is 7.32. The molecule has 3 N–H and O–H groups in total. The molecule has 0 amide bonds. The summed E-state index contributed by atoms with van der Waals surface area (Å²) in [6, 6.07) is 0. The summed E-state index contributed by atoms with van der Waals surface area (Å²) in [5.74, 6) is 1.55. The van der Waals surface area contributed by atoms with E-state index in [-0.39, 0.29) is 6.10 Å². The quantitative estimate of drug-likeness (QED) is 0.786. The number of hydrogen-bond acceptors (Lipinski definition) is 2. The predicted molar refractivity (Wildman–Crippen MR) is 75.9 cm³/mol. The van der Waals surface area contributed by atoms with E-state index in [0.717, 1.165) is 12.1 Å². The second-order valence-electron chi connectivity index (χ2n) is 7.32. The monoisotopic (exact) mass is 251 g/mol. The Balaban J connectivity index is 1.84. The van der Waals surface area contributed by atoms with Gasteiger partial charge in [0.25, 0.3) is 0 Å². The second kappa shape index (κ2) is 5.24. The van der Waals surface area contributed by atoms with Crippen molar-refractivity contribution >= 4 is 0 Å². The minimum atomic E-state index is -0.174. The maximum Gasteiger partial charge on any atom is 0.0574 e. The standard InChI is InChI=1S/C16H29NO/c1-11(17)14(12-4-5-12)10-15(18)13-6-8-16(2,3)9-7-13/h12-15,18H,1,4-10,17H2,2-3H3. The molecule has 0 aromatic heterocycles. The van der Waals surface area contributed by atoms with Gasteiger partial charge in [0.2, 0.25) is 0 Å². The fraction of sp³-hybridized carbons (Fsp3) is 0.875. The molecule has 2 heteroatoms. The SMILES string of the molecule is C=C(N)C(CC(O)C1CCC(C)(C)CC1)C1CC1. The van der Waals surface area contributed by atoms with Crippen LogP contribution in [0.5, 0.6) is 0 Å². The van der Waals surface area contributed by atoms with Crippen molar-refractivity contribution in [1.29, 1.82) is 0 Å². The van der Waals surface area contributed by atoms with E-state index in [1.807, 2.05) is 0 Å². The molecule has 0 bridgehead atoms. The highest BCUT2D eigenvalue weighted by atomic mass is 16.3. The zero-order valence-corrected chi connectivity index (χ0v) is 12.0. The fourth-order valence-electron chi connectivity index (χ4n) is 3.40. The van der Waals surface area contributed by atoms with Gasteiger partial charge in [-0.1, -0.05) is 20.4 Å². The molecule has 18 heavy (non-hydrogen) atoms. The summed E-state index contributed by atoms with van der Waals surface area (Å²) in [4.78, 5) is 0. The summed E-state index contributed by atoms with van der Waals surface area (Å²) in [5, 5.41) is 10.4. The third-order valence-corrected chi connectivity index (χ3v) is 5.09. The lowest BCUT2D eigenvalue weighted by atomic mass is 9.70. The van der Waals surface area contributed by atoms with Gasteiger partial charge in [-0.05, 0) is 62.2 Å². The van der Waals surface area contributed by atoms with Crippen LogP contribution in [-0.4, -0.2) is 11.2 Å². The van der Waals surface area contributed by atoms with Gasteiger partial charge < -0.3 is 10.8 Å². The highest BCUT2D eigenvalue weighted by Gasteiger charge is 2.36. The van der Waals surface area contributed by atoms with Crippen LogP contribution >= 0.6 is 0 Å². The van der Waals surface area contributed by atoms with E-state index in [1.165, 1.54) is 38.5 Å². The van der Waals surface area contributed by atoms with E-state index >= 15 is 0 Å². The lowest BCUT2D eigenvalue weighted by molar-refractivity contribution is 0.0411. The summed E-state index contributed by atoms with van der Waals surface area (Å²) >= 11 is 0. The molecule has 2 nitrogen and oxygen atoms in total. The summed E-state index contributed by atoms with van der Waals surface area (Å²) in [6.45, 7) is 8.58. The number of aliphatic hydroxyl groups excluding tert-OH is 1. The summed E-state index contributed by atoms with van der Waals surface area (Å²) in [5.41, 5.74) is 7.15. The summed E-state index contributed by atoms with van der Waals surface area (Å²) < 4.78 is 0. The molecule has 0 heterocycles. The van der Waals surface area contributed by atoms with E-state index in [9.17, 15) is 5.11 Å². The molecule has 2 unspecified atom stereocenters. The fourth-order valence-corrected chi connectivity index (χ4v) is 3.40.